The van der Waals surface area contributed by atoms with Crippen LogP contribution >= 0.6 is 0 Å². The average molecular weight is 576 g/mol. The summed E-state index contributed by atoms with van der Waals surface area (Å²) in [5.41, 5.74) is 3.53. The van der Waals surface area contributed by atoms with Crippen LogP contribution in [-0.4, -0.2) is 76.1 Å². The quantitative estimate of drug-likeness (QED) is 0.433. The molecule has 3 saturated heterocycles. The molecule has 0 spiro atoms. The number of phenolic OH excluding ortho intramolecular Hbond substituents is 1. The molecule has 0 bridgehead atoms. The van der Waals surface area contributed by atoms with Crippen molar-refractivity contribution in [3.8, 4) is 11.8 Å². The van der Waals surface area contributed by atoms with Crippen LogP contribution in [0.25, 0.3) is 10.8 Å². The Morgan fingerprint density at radius 3 is 2.81 bits per heavy atom. The second-order valence-corrected chi connectivity index (χ2v) is 13.0. The van der Waals surface area contributed by atoms with Crippen LogP contribution in [0.5, 0.6) is 11.8 Å². The first-order valence-corrected chi connectivity index (χ1v) is 15.7. The highest BCUT2D eigenvalue weighted by Crippen LogP contribution is 2.42. The molecule has 4 aliphatic heterocycles. The van der Waals surface area contributed by atoms with Gasteiger partial charge in [0.05, 0.1) is 23.9 Å². The molecule has 0 amide bonds. The van der Waals surface area contributed by atoms with Crippen LogP contribution in [0.3, 0.4) is 0 Å². The predicted octanol–water partition coefficient (Wildman–Crippen LogP) is 4.81. The number of benzene rings is 2. The minimum absolute atomic E-state index is 0.0628. The molecule has 1 aromatic heterocycles. The van der Waals surface area contributed by atoms with Crippen molar-refractivity contribution >= 4 is 22.3 Å². The van der Waals surface area contributed by atoms with Gasteiger partial charge in [-0.15, -0.1) is 0 Å². The molecule has 0 aliphatic carbocycles. The lowest BCUT2D eigenvalue weighted by Crippen LogP contribution is -2.44. The lowest BCUT2D eigenvalue weighted by atomic mass is 9.92. The van der Waals surface area contributed by atoms with Gasteiger partial charge in [-0.3, -0.25) is 4.90 Å². The van der Waals surface area contributed by atoms with E-state index in [1.165, 1.54) is 12.5 Å². The Hall–Kier alpha value is -3.17. The van der Waals surface area contributed by atoms with Crippen LogP contribution in [0.1, 0.15) is 62.8 Å². The van der Waals surface area contributed by atoms with Gasteiger partial charge < -0.3 is 24.7 Å². The number of halogens is 1. The Balaban J connectivity index is 1.25. The van der Waals surface area contributed by atoms with Crippen molar-refractivity contribution in [3.05, 3.63) is 46.9 Å². The van der Waals surface area contributed by atoms with Gasteiger partial charge in [0.15, 0.2) is 0 Å². The number of hydrogen-bond donors (Lipinski definition) is 2. The fourth-order valence-corrected chi connectivity index (χ4v) is 8.16. The van der Waals surface area contributed by atoms with Gasteiger partial charge in [0.2, 0.25) is 0 Å². The summed E-state index contributed by atoms with van der Waals surface area (Å²) in [5, 5.41) is 22.8. The molecule has 8 nitrogen and oxygen atoms in total. The van der Waals surface area contributed by atoms with Crippen LogP contribution in [0.2, 0.25) is 0 Å². The number of phenols is 1. The summed E-state index contributed by atoms with van der Waals surface area (Å²) >= 11 is 0. The van der Waals surface area contributed by atoms with Gasteiger partial charge >= 0.3 is 6.01 Å². The number of anilines is 2. The van der Waals surface area contributed by atoms with Crippen LogP contribution in [0.4, 0.5) is 15.9 Å². The third-order valence-corrected chi connectivity index (χ3v) is 10.0. The number of aliphatic hydroxyl groups is 1. The molecule has 7 rings (SSSR count). The molecule has 3 fully saturated rings. The number of aromatic hydroxyl groups is 1. The molecule has 5 heterocycles. The van der Waals surface area contributed by atoms with Crippen molar-refractivity contribution in [2.75, 3.05) is 49.1 Å². The van der Waals surface area contributed by atoms with Crippen LogP contribution < -0.4 is 14.5 Å². The minimum Gasteiger partial charge on any atom is -0.508 e. The minimum atomic E-state index is -0.374. The Morgan fingerprint density at radius 2 is 1.98 bits per heavy atom. The number of β-amino-alcohol motifs (C(OH)–C–C–N with tert-alkyl or cyclic N) is 1. The molecule has 9 heteroatoms. The molecule has 2 aromatic carbocycles. The third kappa shape index (κ3) is 4.84. The SMILES string of the molecule is CCc1c(F)ccc2cc(O)cc(N3CCc4c(nc(OC[C@@]56CCCN5C[C@H](C)C6)nc4N4CCCC(O)C4)C3)c12. The molecular formula is C33H42FN5O3. The number of ether oxygens (including phenoxy) is 1. The molecule has 2 N–H and O–H groups in total. The molecule has 3 aromatic rings. The number of piperidine rings is 1. The van der Waals surface area contributed by atoms with Crippen molar-refractivity contribution in [2.45, 2.75) is 77.0 Å². The molecule has 42 heavy (non-hydrogen) atoms. The first-order valence-electron chi connectivity index (χ1n) is 15.7. The Bertz CT molecular complexity index is 1500. The largest absolute Gasteiger partial charge is 0.508 e. The van der Waals surface area contributed by atoms with Gasteiger partial charge in [-0.1, -0.05) is 19.9 Å². The van der Waals surface area contributed by atoms with E-state index in [4.69, 9.17) is 14.7 Å². The van der Waals surface area contributed by atoms with Crippen LogP contribution in [-0.2, 0) is 19.4 Å². The summed E-state index contributed by atoms with van der Waals surface area (Å²) in [5.74, 6) is 1.47. The van der Waals surface area contributed by atoms with E-state index in [1.54, 1.807) is 18.2 Å². The zero-order chi connectivity index (χ0) is 29.0. The van der Waals surface area contributed by atoms with E-state index in [0.29, 0.717) is 56.6 Å². The zero-order valence-electron chi connectivity index (χ0n) is 24.8. The van der Waals surface area contributed by atoms with Crippen LogP contribution in [0.15, 0.2) is 24.3 Å². The van der Waals surface area contributed by atoms with Crippen LogP contribution in [0, 0.1) is 11.7 Å². The first-order chi connectivity index (χ1) is 20.3. The highest BCUT2D eigenvalue weighted by atomic mass is 19.1. The number of rotatable bonds is 6. The van der Waals surface area contributed by atoms with Crippen molar-refractivity contribution < 1.29 is 19.3 Å². The van der Waals surface area contributed by atoms with Gasteiger partial charge in [0.1, 0.15) is 24.0 Å². The molecule has 0 radical (unpaired) electrons. The molecule has 4 aliphatic rings. The average Bonchev–Trinajstić information content (AvgIpc) is 3.50. The summed E-state index contributed by atoms with van der Waals surface area (Å²) < 4.78 is 21.4. The number of nitrogens with zero attached hydrogens (tertiary/aromatic N) is 5. The summed E-state index contributed by atoms with van der Waals surface area (Å²) in [6.07, 6.45) is 6.09. The van der Waals surface area contributed by atoms with Gasteiger partial charge in [-0.25, -0.2) is 4.39 Å². The van der Waals surface area contributed by atoms with Crippen molar-refractivity contribution in [2.24, 2.45) is 5.92 Å². The van der Waals surface area contributed by atoms with Crippen molar-refractivity contribution in [1.82, 2.24) is 14.9 Å². The standard InChI is InChI=1S/C33H42FN5O3/c1-3-25-27(34)8-7-22-14-24(41)15-29(30(22)25)37-13-9-26-28(19-37)35-32(36-31(26)38-11-4-6-23(40)18-38)42-20-33-10-5-12-39(33)17-21(2)16-33/h7-8,14-15,21,23,40-41H,3-6,9-13,16-20H2,1-2H3/t21-,23?,33+/m1/s1. The van der Waals surface area contributed by atoms with Gasteiger partial charge in [0.25, 0.3) is 0 Å². The number of fused-ring (bicyclic) bond motifs is 3. The van der Waals surface area contributed by atoms with E-state index in [1.807, 2.05) is 6.92 Å². The van der Waals surface area contributed by atoms with E-state index in [-0.39, 0.29) is 23.2 Å². The Kier molecular flexibility index (Phi) is 7.13. The second-order valence-electron chi connectivity index (χ2n) is 13.0. The summed E-state index contributed by atoms with van der Waals surface area (Å²) in [6.45, 7) is 9.71. The van der Waals surface area contributed by atoms with Crippen molar-refractivity contribution in [3.63, 3.8) is 0 Å². The molecule has 3 atom stereocenters. The maximum atomic E-state index is 14.9. The normalized spacial score (nSPS) is 26.1. The van der Waals surface area contributed by atoms with Gasteiger partial charge in [0, 0.05) is 48.9 Å². The smallest absolute Gasteiger partial charge is 0.318 e. The maximum absolute atomic E-state index is 14.9. The topological polar surface area (TPSA) is 85.2 Å². The fraction of sp³-hybridized carbons (Fsp3) is 0.576. The number of aryl methyl sites for hydroxylation is 1. The number of aromatic nitrogens is 2. The van der Waals surface area contributed by atoms with Crippen molar-refractivity contribution in [1.29, 1.82) is 0 Å². The second kappa shape index (κ2) is 10.8. The molecule has 1 unspecified atom stereocenters. The highest BCUT2D eigenvalue weighted by molar-refractivity contribution is 5.98. The Morgan fingerprint density at radius 1 is 1.10 bits per heavy atom. The highest BCUT2D eigenvalue weighted by Gasteiger charge is 2.48. The predicted molar refractivity (Wildman–Crippen MR) is 162 cm³/mol. The first kappa shape index (κ1) is 27.7. The fourth-order valence-electron chi connectivity index (χ4n) is 8.16. The van der Waals surface area contributed by atoms with E-state index >= 15 is 0 Å². The molecular weight excluding hydrogens is 533 g/mol. The number of aliphatic hydroxyl groups excluding tert-OH is 1. The third-order valence-electron chi connectivity index (χ3n) is 10.0. The maximum Gasteiger partial charge on any atom is 0.318 e. The van der Waals surface area contributed by atoms with E-state index in [2.05, 4.69) is 21.6 Å². The molecule has 0 saturated carbocycles. The summed E-state index contributed by atoms with van der Waals surface area (Å²) in [4.78, 5) is 17.0. The zero-order valence-corrected chi connectivity index (χ0v) is 24.8. The van der Waals surface area contributed by atoms with Gasteiger partial charge in [-0.05, 0) is 80.5 Å². The molecule has 224 valence electrons. The lowest BCUT2D eigenvalue weighted by Gasteiger charge is -2.37. The van der Waals surface area contributed by atoms with E-state index in [0.717, 1.165) is 78.9 Å². The summed E-state index contributed by atoms with van der Waals surface area (Å²) in [7, 11) is 0. The Labute approximate surface area is 247 Å². The van der Waals surface area contributed by atoms with E-state index < -0.39 is 0 Å². The van der Waals surface area contributed by atoms with Gasteiger partial charge in [-0.2, -0.15) is 9.97 Å². The monoisotopic (exact) mass is 575 g/mol. The number of hydrogen-bond acceptors (Lipinski definition) is 8. The lowest BCUT2D eigenvalue weighted by molar-refractivity contribution is 0.107. The van der Waals surface area contributed by atoms with E-state index in [9.17, 15) is 14.6 Å². The summed E-state index contributed by atoms with van der Waals surface area (Å²) in [6, 6.07) is 7.09.